The van der Waals surface area contributed by atoms with E-state index >= 15 is 0 Å². The minimum atomic E-state index is 0.0983. The molecule has 2 aliphatic heterocycles. The molecule has 0 N–H and O–H groups in total. The van der Waals surface area contributed by atoms with E-state index in [1.165, 1.54) is 0 Å². The third kappa shape index (κ3) is 2.19. The number of hydrogen-bond donors (Lipinski definition) is 0. The molecule has 2 heterocycles. The number of fused-ring (bicyclic) bond motifs is 2. The van der Waals surface area contributed by atoms with Gasteiger partial charge in [-0.1, -0.05) is 23.7 Å². The molecule has 3 unspecified atom stereocenters. The highest BCUT2D eigenvalue weighted by Gasteiger charge is 2.43. The quantitative estimate of drug-likeness (QED) is 0.837. The molecule has 18 heavy (non-hydrogen) atoms. The van der Waals surface area contributed by atoms with Crippen LogP contribution in [0.2, 0.25) is 5.02 Å². The van der Waals surface area contributed by atoms with Crippen molar-refractivity contribution in [3.05, 3.63) is 34.3 Å². The second-order valence-corrected chi connectivity index (χ2v) is 5.86. The molecule has 1 aromatic rings. The van der Waals surface area contributed by atoms with Gasteiger partial charge in [-0.25, -0.2) is 0 Å². The van der Waals surface area contributed by atoms with Gasteiger partial charge in [-0.05, 0) is 43.4 Å². The summed E-state index contributed by atoms with van der Waals surface area (Å²) in [5.74, 6) is 0.383. The Morgan fingerprint density at radius 1 is 1.44 bits per heavy atom. The Labute approximate surface area is 112 Å². The number of aryl methyl sites for hydroxylation is 1. The normalized spacial score (nSPS) is 29.8. The molecule has 0 spiro atoms. The average Bonchev–Trinajstić information content (AvgIpc) is 2.94. The molecule has 0 radical (unpaired) electrons. The fourth-order valence-corrected chi connectivity index (χ4v) is 3.39. The number of carbonyl (C=O) groups is 1. The number of hydrogen-bond acceptors (Lipinski definition) is 2. The fraction of sp³-hybridized carbons (Fsp3) is 0.533. The summed E-state index contributed by atoms with van der Waals surface area (Å²) >= 11 is 6.18. The lowest BCUT2D eigenvalue weighted by atomic mass is 9.84. The van der Waals surface area contributed by atoms with Crippen LogP contribution < -0.4 is 0 Å². The van der Waals surface area contributed by atoms with Crippen LogP contribution in [0, 0.1) is 12.8 Å². The Morgan fingerprint density at radius 3 is 2.89 bits per heavy atom. The van der Waals surface area contributed by atoms with Gasteiger partial charge in [-0.3, -0.25) is 4.79 Å². The van der Waals surface area contributed by atoms with E-state index in [4.69, 9.17) is 16.3 Å². The first-order valence-corrected chi connectivity index (χ1v) is 6.94. The molecule has 3 rings (SSSR count). The Morgan fingerprint density at radius 2 is 2.28 bits per heavy atom. The van der Waals surface area contributed by atoms with E-state index in [0.717, 1.165) is 30.4 Å². The molecule has 3 atom stereocenters. The van der Waals surface area contributed by atoms with Crippen molar-refractivity contribution in [2.75, 3.05) is 0 Å². The van der Waals surface area contributed by atoms with Gasteiger partial charge in [-0.2, -0.15) is 0 Å². The topological polar surface area (TPSA) is 26.3 Å². The first-order chi connectivity index (χ1) is 8.63. The largest absolute Gasteiger partial charge is 0.374 e. The molecule has 2 fully saturated rings. The SMILES string of the molecule is Cc1ccc(CC(=O)C2CC3CCC2O3)c(Cl)c1. The lowest BCUT2D eigenvalue weighted by Crippen LogP contribution is -2.26. The molecule has 1 aromatic carbocycles. The number of ether oxygens (including phenoxy) is 1. The van der Waals surface area contributed by atoms with Gasteiger partial charge in [0.15, 0.2) is 0 Å². The summed E-state index contributed by atoms with van der Waals surface area (Å²) in [7, 11) is 0. The van der Waals surface area contributed by atoms with E-state index in [-0.39, 0.29) is 17.8 Å². The fourth-order valence-electron chi connectivity index (χ4n) is 3.09. The lowest BCUT2D eigenvalue weighted by molar-refractivity contribution is -0.123. The minimum absolute atomic E-state index is 0.0983. The zero-order chi connectivity index (χ0) is 12.7. The Bertz CT molecular complexity index is 483. The summed E-state index contributed by atoms with van der Waals surface area (Å²) in [5.41, 5.74) is 2.06. The second-order valence-electron chi connectivity index (χ2n) is 5.45. The number of carbonyl (C=O) groups excluding carboxylic acids is 1. The summed E-state index contributed by atoms with van der Waals surface area (Å²) in [6.45, 7) is 2.00. The average molecular weight is 265 g/mol. The molecule has 96 valence electrons. The van der Waals surface area contributed by atoms with E-state index in [9.17, 15) is 4.79 Å². The molecule has 2 bridgehead atoms. The van der Waals surface area contributed by atoms with Crippen LogP contribution in [0.15, 0.2) is 18.2 Å². The zero-order valence-electron chi connectivity index (χ0n) is 10.5. The maximum Gasteiger partial charge on any atom is 0.143 e. The molecular weight excluding hydrogens is 248 g/mol. The van der Waals surface area contributed by atoms with Gasteiger partial charge in [0, 0.05) is 17.4 Å². The number of halogens is 1. The number of benzene rings is 1. The van der Waals surface area contributed by atoms with Crippen molar-refractivity contribution in [1.82, 2.24) is 0 Å². The first-order valence-electron chi connectivity index (χ1n) is 6.56. The van der Waals surface area contributed by atoms with E-state index in [0.29, 0.717) is 17.5 Å². The highest BCUT2D eigenvalue weighted by Crippen LogP contribution is 2.39. The van der Waals surface area contributed by atoms with Crippen molar-refractivity contribution in [2.24, 2.45) is 5.92 Å². The van der Waals surface area contributed by atoms with Crippen LogP contribution in [0.4, 0.5) is 0 Å². The molecule has 3 heteroatoms. The summed E-state index contributed by atoms with van der Waals surface area (Å²) in [5, 5.41) is 0.701. The van der Waals surface area contributed by atoms with Gasteiger partial charge in [0.25, 0.3) is 0 Å². The summed E-state index contributed by atoms with van der Waals surface area (Å²) in [6.07, 6.45) is 4.02. The Hall–Kier alpha value is -0.860. The molecule has 2 aliphatic rings. The second kappa shape index (κ2) is 4.67. The highest BCUT2D eigenvalue weighted by molar-refractivity contribution is 6.31. The smallest absolute Gasteiger partial charge is 0.143 e. The standard InChI is InChI=1S/C15H17ClO2/c1-9-2-3-10(13(16)6-9)7-14(17)12-8-11-4-5-15(12)18-11/h2-3,6,11-12,15H,4-5,7-8H2,1H3. The van der Waals surface area contributed by atoms with E-state index in [1.807, 2.05) is 25.1 Å². The van der Waals surface area contributed by atoms with Crippen LogP contribution in [0.25, 0.3) is 0 Å². The molecule has 0 amide bonds. The van der Waals surface area contributed by atoms with Crippen molar-refractivity contribution in [3.63, 3.8) is 0 Å². The van der Waals surface area contributed by atoms with Crippen molar-refractivity contribution < 1.29 is 9.53 Å². The van der Waals surface area contributed by atoms with Crippen LogP contribution >= 0.6 is 11.6 Å². The Kier molecular flexibility index (Phi) is 3.16. The maximum atomic E-state index is 12.3. The predicted octanol–water partition coefficient (Wildman–Crippen LogP) is 3.33. The van der Waals surface area contributed by atoms with Gasteiger partial charge >= 0.3 is 0 Å². The molecule has 0 aromatic heterocycles. The summed E-state index contributed by atoms with van der Waals surface area (Å²) in [6, 6.07) is 5.89. The predicted molar refractivity (Wildman–Crippen MR) is 70.9 cm³/mol. The monoisotopic (exact) mass is 264 g/mol. The molecule has 2 saturated heterocycles. The van der Waals surface area contributed by atoms with Gasteiger partial charge in [0.05, 0.1) is 12.2 Å². The van der Waals surface area contributed by atoms with Crippen molar-refractivity contribution in [1.29, 1.82) is 0 Å². The molecular formula is C15H17ClO2. The van der Waals surface area contributed by atoms with Crippen molar-refractivity contribution >= 4 is 17.4 Å². The van der Waals surface area contributed by atoms with Gasteiger partial charge < -0.3 is 4.74 Å². The van der Waals surface area contributed by atoms with Crippen molar-refractivity contribution in [2.45, 2.75) is 44.8 Å². The molecule has 0 aliphatic carbocycles. The Balaban J connectivity index is 1.71. The number of rotatable bonds is 3. The molecule has 2 nitrogen and oxygen atoms in total. The van der Waals surface area contributed by atoms with Crippen LogP contribution in [0.5, 0.6) is 0 Å². The molecule has 0 saturated carbocycles. The van der Waals surface area contributed by atoms with E-state index in [2.05, 4.69) is 0 Å². The van der Waals surface area contributed by atoms with Gasteiger partial charge in [0.1, 0.15) is 5.78 Å². The van der Waals surface area contributed by atoms with E-state index < -0.39 is 0 Å². The third-order valence-corrected chi connectivity index (χ3v) is 4.44. The van der Waals surface area contributed by atoms with Crippen LogP contribution in [-0.4, -0.2) is 18.0 Å². The van der Waals surface area contributed by atoms with E-state index in [1.54, 1.807) is 0 Å². The van der Waals surface area contributed by atoms with Crippen LogP contribution in [0.3, 0.4) is 0 Å². The summed E-state index contributed by atoms with van der Waals surface area (Å²) < 4.78 is 5.74. The van der Waals surface area contributed by atoms with Crippen LogP contribution in [-0.2, 0) is 16.0 Å². The zero-order valence-corrected chi connectivity index (χ0v) is 11.2. The summed E-state index contributed by atoms with van der Waals surface area (Å²) in [4.78, 5) is 12.3. The highest BCUT2D eigenvalue weighted by atomic mass is 35.5. The van der Waals surface area contributed by atoms with Gasteiger partial charge in [-0.15, -0.1) is 0 Å². The first kappa shape index (κ1) is 12.2. The third-order valence-electron chi connectivity index (χ3n) is 4.09. The lowest BCUT2D eigenvalue weighted by Gasteiger charge is -2.17. The minimum Gasteiger partial charge on any atom is -0.374 e. The van der Waals surface area contributed by atoms with Crippen molar-refractivity contribution in [3.8, 4) is 0 Å². The maximum absolute atomic E-state index is 12.3. The van der Waals surface area contributed by atoms with Gasteiger partial charge in [0.2, 0.25) is 0 Å². The number of ketones is 1. The van der Waals surface area contributed by atoms with Crippen LogP contribution in [0.1, 0.15) is 30.4 Å². The number of Topliss-reactive ketones (excluding diaryl/α,β-unsaturated/α-hetero) is 1.